The SMILES string of the molecule is CCc1ccc(-n2c(=O)c3c(CN(C)C)c(-c4ccc(NC(=O)NOC)cc4)sc3n(Cc3c(F)cccc3C(F)(F)F)c2=O)nn1. The van der Waals surface area contributed by atoms with Gasteiger partial charge in [0.05, 0.1) is 30.3 Å². The van der Waals surface area contributed by atoms with Gasteiger partial charge in [0.25, 0.3) is 5.56 Å². The fourth-order valence-electron chi connectivity index (χ4n) is 5.07. The van der Waals surface area contributed by atoms with Gasteiger partial charge in [-0.1, -0.05) is 25.1 Å². The van der Waals surface area contributed by atoms with E-state index in [1.54, 1.807) is 49.3 Å². The number of rotatable bonds is 9. The van der Waals surface area contributed by atoms with Crippen LogP contribution in [0.1, 0.15) is 29.3 Å². The summed E-state index contributed by atoms with van der Waals surface area (Å²) in [6.07, 6.45) is -4.38. The molecule has 2 N–H and O–H groups in total. The lowest BCUT2D eigenvalue weighted by atomic mass is 10.1. The van der Waals surface area contributed by atoms with Crippen molar-refractivity contribution in [2.45, 2.75) is 32.6 Å². The fraction of sp³-hybridized carbons (Fsp3) is 0.258. The lowest BCUT2D eigenvalue weighted by molar-refractivity contribution is -0.138. The Labute approximate surface area is 269 Å². The van der Waals surface area contributed by atoms with Crippen LogP contribution in [0.15, 0.2) is 64.2 Å². The van der Waals surface area contributed by atoms with Gasteiger partial charge >= 0.3 is 17.9 Å². The number of amides is 2. The number of halogens is 4. The summed E-state index contributed by atoms with van der Waals surface area (Å²) in [7, 11) is 4.83. The van der Waals surface area contributed by atoms with Crippen molar-refractivity contribution >= 4 is 33.3 Å². The summed E-state index contributed by atoms with van der Waals surface area (Å²) in [6.45, 7) is 1.22. The normalized spacial score (nSPS) is 11.8. The molecule has 5 rings (SSSR count). The first kappa shape index (κ1) is 33.4. The summed E-state index contributed by atoms with van der Waals surface area (Å²) in [5.74, 6) is -1.29. The molecule has 0 bridgehead atoms. The Kier molecular flexibility index (Phi) is 9.55. The molecule has 0 fully saturated rings. The second kappa shape index (κ2) is 13.4. The number of urea groups is 1. The minimum atomic E-state index is -4.91. The molecule has 16 heteroatoms. The van der Waals surface area contributed by atoms with Crippen LogP contribution in [0.5, 0.6) is 0 Å². The monoisotopic (exact) mass is 671 g/mol. The van der Waals surface area contributed by atoms with Gasteiger partial charge in [-0.15, -0.1) is 16.4 Å². The average Bonchev–Trinajstić information content (AvgIpc) is 3.38. The third-order valence-corrected chi connectivity index (χ3v) is 8.49. The number of benzene rings is 2. The van der Waals surface area contributed by atoms with Crippen molar-refractivity contribution in [3.63, 3.8) is 0 Å². The number of carbonyl (C=O) groups excluding carboxylic acids is 1. The number of anilines is 1. The number of thiophene rings is 1. The van der Waals surface area contributed by atoms with Crippen LogP contribution in [0.4, 0.5) is 28.0 Å². The number of hydrogen-bond donors (Lipinski definition) is 2. The van der Waals surface area contributed by atoms with Gasteiger partial charge in [0.15, 0.2) is 5.82 Å². The minimum absolute atomic E-state index is 0.0549. The van der Waals surface area contributed by atoms with Crippen LogP contribution in [0.3, 0.4) is 0 Å². The van der Waals surface area contributed by atoms with E-state index in [0.717, 1.165) is 38.7 Å². The number of aromatic nitrogens is 4. The van der Waals surface area contributed by atoms with Crippen LogP contribution in [0.25, 0.3) is 26.5 Å². The first-order valence-electron chi connectivity index (χ1n) is 14.2. The Morgan fingerprint density at radius 3 is 2.34 bits per heavy atom. The van der Waals surface area contributed by atoms with Crippen molar-refractivity contribution in [2.75, 3.05) is 26.5 Å². The highest BCUT2D eigenvalue weighted by Crippen LogP contribution is 2.39. The van der Waals surface area contributed by atoms with Crippen LogP contribution in [0.2, 0.25) is 0 Å². The van der Waals surface area contributed by atoms with Crippen molar-refractivity contribution in [1.29, 1.82) is 0 Å². The second-order valence-corrected chi connectivity index (χ2v) is 11.7. The number of aryl methyl sites for hydroxylation is 1. The molecule has 0 radical (unpaired) electrons. The molecule has 2 aromatic carbocycles. The van der Waals surface area contributed by atoms with E-state index in [0.29, 0.717) is 33.8 Å². The molecule has 3 aromatic heterocycles. The fourth-order valence-corrected chi connectivity index (χ4v) is 6.37. The zero-order chi connectivity index (χ0) is 34.0. The molecule has 3 heterocycles. The molecular weight excluding hydrogens is 642 g/mol. The van der Waals surface area contributed by atoms with E-state index in [4.69, 9.17) is 0 Å². The predicted octanol–water partition coefficient (Wildman–Crippen LogP) is 5.18. The van der Waals surface area contributed by atoms with E-state index < -0.39 is 46.9 Å². The summed E-state index contributed by atoms with van der Waals surface area (Å²) in [5.41, 5.74) is 0.481. The lowest BCUT2D eigenvalue weighted by Gasteiger charge is -2.17. The molecule has 0 aliphatic carbocycles. The Balaban J connectivity index is 1.81. The largest absolute Gasteiger partial charge is 0.416 e. The van der Waals surface area contributed by atoms with Gasteiger partial charge in [-0.3, -0.25) is 14.2 Å². The summed E-state index contributed by atoms with van der Waals surface area (Å²) < 4.78 is 59.0. The number of nitrogens with one attached hydrogen (secondary N) is 2. The smallest absolute Gasteiger partial charge is 0.306 e. The van der Waals surface area contributed by atoms with E-state index in [9.17, 15) is 27.6 Å². The molecule has 47 heavy (non-hydrogen) atoms. The number of hydrogen-bond acceptors (Lipinski definition) is 8. The number of alkyl halides is 3. The Bertz CT molecular complexity index is 2060. The molecule has 2 amide bonds. The van der Waals surface area contributed by atoms with Gasteiger partial charge in [-0.25, -0.2) is 24.0 Å². The van der Waals surface area contributed by atoms with E-state index in [-0.39, 0.29) is 22.6 Å². The second-order valence-electron chi connectivity index (χ2n) is 10.7. The third-order valence-electron chi connectivity index (χ3n) is 7.18. The van der Waals surface area contributed by atoms with E-state index in [1.807, 2.05) is 6.92 Å². The first-order valence-corrected chi connectivity index (χ1v) is 15.0. The van der Waals surface area contributed by atoms with Crippen LogP contribution in [-0.4, -0.2) is 51.5 Å². The molecule has 0 atom stereocenters. The van der Waals surface area contributed by atoms with Gasteiger partial charge in [0, 0.05) is 22.7 Å². The number of fused-ring (bicyclic) bond motifs is 1. The molecule has 0 unspecified atom stereocenters. The van der Waals surface area contributed by atoms with Crippen molar-refractivity contribution < 1.29 is 27.2 Å². The molecule has 0 spiro atoms. The molecule has 0 aliphatic heterocycles. The van der Waals surface area contributed by atoms with Gasteiger partial charge in [0.2, 0.25) is 0 Å². The van der Waals surface area contributed by atoms with Gasteiger partial charge < -0.3 is 10.2 Å². The first-order chi connectivity index (χ1) is 22.3. The number of hydroxylamine groups is 1. The minimum Gasteiger partial charge on any atom is -0.306 e. The van der Waals surface area contributed by atoms with Crippen LogP contribution >= 0.6 is 11.3 Å². The summed E-state index contributed by atoms with van der Waals surface area (Å²) in [6, 6.07) is 11.6. The molecule has 0 aliphatic rings. The molecule has 0 saturated carbocycles. The average molecular weight is 672 g/mol. The van der Waals surface area contributed by atoms with Gasteiger partial charge in [-0.2, -0.15) is 18.3 Å². The summed E-state index contributed by atoms with van der Waals surface area (Å²) in [5, 5.41) is 10.8. The van der Waals surface area contributed by atoms with E-state index in [1.165, 1.54) is 13.2 Å². The lowest BCUT2D eigenvalue weighted by Crippen LogP contribution is -2.40. The van der Waals surface area contributed by atoms with Gasteiger partial charge in [-0.05, 0) is 68.0 Å². The van der Waals surface area contributed by atoms with E-state index >= 15 is 4.39 Å². The van der Waals surface area contributed by atoms with Crippen molar-refractivity contribution in [3.8, 4) is 16.3 Å². The highest BCUT2D eigenvalue weighted by molar-refractivity contribution is 7.22. The van der Waals surface area contributed by atoms with Crippen molar-refractivity contribution in [3.05, 3.63) is 104 Å². The van der Waals surface area contributed by atoms with Crippen molar-refractivity contribution in [1.82, 2.24) is 29.7 Å². The van der Waals surface area contributed by atoms with Crippen LogP contribution in [0, 0.1) is 5.82 Å². The zero-order valence-electron chi connectivity index (χ0n) is 25.6. The summed E-state index contributed by atoms with van der Waals surface area (Å²) in [4.78, 5) is 47.2. The molecular formula is C31H29F4N7O4S. The quantitative estimate of drug-likeness (QED) is 0.164. The number of carbonyl (C=O) groups is 1. The number of nitrogens with zero attached hydrogens (tertiary/aromatic N) is 5. The maximum atomic E-state index is 15.1. The highest BCUT2D eigenvalue weighted by atomic mass is 32.1. The molecule has 0 saturated heterocycles. The standard InChI is InChI=1S/C31H29F4N7O4S/c1-5-18-13-14-24(38-37-18)42-27(43)25-21(15-40(2)3)26(17-9-11-19(12-10-17)36-29(44)39-46-4)47-28(25)41(30(42)45)16-20-22(31(33,34)35)7-6-8-23(20)32/h6-14H,5,15-16H2,1-4H3,(H2,36,39,44). The highest BCUT2D eigenvalue weighted by Gasteiger charge is 2.35. The topological polar surface area (TPSA) is 123 Å². The predicted molar refractivity (Wildman–Crippen MR) is 169 cm³/mol. The van der Waals surface area contributed by atoms with Crippen LogP contribution in [-0.2, 0) is 30.5 Å². The Morgan fingerprint density at radius 2 is 1.74 bits per heavy atom. The molecule has 11 nitrogen and oxygen atoms in total. The van der Waals surface area contributed by atoms with Gasteiger partial charge in [0.1, 0.15) is 10.6 Å². The maximum Gasteiger partial charge on any atom is 0.416 e. The Morgan fingerprint density at radius 1 is 1.02 bits per heavy atom. The maximum absolute atomic E-state index is 15.1. The van der Waals surface area contributed by atoms with Crippen molar-refractivity contribution in [2.24, 2.45) is 0 Å². The van der Waals surface area contributed by atoms with Crippen LogP contribution < -0.4 is 22.0 Å². The van der Waals surface area contributed by atoms with E-state index in [2.05, 4.69) is 25.8 Å². The third kappa shape index (κ3) is 6.79. The molecule has 246 valence electrons. The Hall–Kier alpha value is -4.93. The summed E-state index contributed by atoms with van der Waals surface area (Å²) >= 11 is 1.01. The zero-order valence-corrected chi connectivity index (χ0v) is 26.4. The molecule has 5 aromatic rings.